The summed E-state index contributed by atoms with van der Waals surface area (Å²) in [6.45, 7) is 1.52. The molecule has 0 bridgehead atoms. The van der Waals surface area contributed by atoms with E-state index in [9.17, 15) is 14.0 Å². The Morgan fingerprint density at radius 2 is 1.82 bits per heavy atom. The van der Waals surface area contributed by atoms with Gasteiger partial charge in [0.15, 0.2) is 0 Å². The van der Waals surface area contributed by atoms with Gasteiger partial charge in [-0.25, -0.2) is 9.18 Å². The smallest absolute Gasteiger partial charge is 0.348 e. The summed E-state index contributed by atoms with van der Waals surface area (Å²) in [7, 11) is 0. The monoisotopic (exact) mass is 278 g/mol. The Kier molecular flexibility index (Phi) is 4.90. The predicted octanol–water partition coefficient (Wildman–Crippen LogP) is 3.08. The Bertz CT molecular complexity index is 428. The highest BCUT2D eigenvalue weighted by molar-refractivity contribution is 6.35. The van der Waals surface area contributed by atoms with Gasteiger partial charge in [-0.2, -0.15) is 0 Å². The van der Waals surface area contributed by atoms with Gasteiger partial charge >= 0.3 is 5.97 Å². The van der Waals surface area contributed by atoms with E-state index in [-0.39, 0.29) is 22.2 Å². The average molecular weight is 279 g/mol. The van der Waals surface area contributed by atoms with Crippen LogP contribution in [0.5, 0.6) is 0 Å². The Morgan fingerprint density at radius 3 is 2.29 bits per heavy atom. The lowest BCUT2D eigenvalue weighted by Gasteiger charge is -2.07. The predicted molar refractivity (Wildman–Crippen MR) is 62.3 cm³/mol. The Morgan fingerprint density at radius 1 is 1.29 bits per heavy atom. The molecule has 0 fully saturated rings. The number of alkyl halides is 1. The standard InChI is InChI=1S/C11H9Cl2FO3/c1-2-17-11(16)9(14)10(15)6-3-7(12)5-8(13)4-6/h3-5,9H,2H2,1H3. The first kappa shape index (κ1) is 13.9. The number of hydrogen-bond acceptors (Lipinski definition) is 3. The molecule has 0 heterocycles. The first-order valence-electron chi connectivity index (χ1n) is 4.76. The van der Waals surface area contributed by atoms with E-state index in [0.29, 0.717) is 0 Å². The van der Waals surface area contributed by atoms with Crippen molar-refractivity contribution >= 4 is 35.0 Å². The highest BCUT2D eigenvalue weighted by Crippen LogP contribution is 2.20. The minimum absolute atomic E-state index is 0.00281. The Labute approximate surface area is 107 Å². The average Bonchev–Trinajstić information content (AvgIpc) is 2.26. The SMILES string of the molecule is CCOC(=O)C(F)C(=O)c1cc(Cl)cc(Cl)c1. The van der Waals surface area contributed by atoms with Gasteiger partial charge in [0.2, 0.25) is 5.78 Å². The van der Waals surface area contributed by atoms with Gasteiger partial charge < -0.3 is 4.74 Å². The number of rotatable bonds is 4. The summed E-state index contributed by atoms with van der Waals surface area (Å²) >= 11 is 11.3. The van der Waals surface area contributed by atoms with Gasteiger partial charge in [-0.05, 0) is 25.1 Å². The normalized spacial score (nSPS) is 12.0. The lowest BCUT2D eigenvalue weighted by atomic mass is 10.1. The molecule has 1 atom stereocenters. The number of ether oxygens (including phenoxy) is 1. The zero-order valence-corrected chi connectivity index (χ0v) is 10.4. The molecule has 0 radical (unpaired) electrons. The number of hydrogen-bond donors (Lipinski definition) is 0. The molecular weight excluding hydrogens is 270 g/mol. The van der Waals surface area contributed by atoms with E-state index in [1.165, 1.54) is 25.1 Å². The van der Waals surface area contributed by atoms with Gasteiger partial charge in [0, 0.05) is 15.6 Å². The second-order valence-corrected chi connectivity index (χ2v) is 4.01. The van der Waals surface area contributed by atoms with Crippen LogP contribution < -0.4 is 0 Å². The maximum atomic E-state index is 13.4. The lowest BCUT2D eigenvalue weighted by molar-refractivity contribution is -0.147. The van der Waals surface area contributed by atoms with Crippen LogP contribution in [-0.2, 0) is 9.53 Å². The van der Waals surface area contributed by atoms with E-state index in [0.717, 1.165) is 0 Å². The van der Waals surface area contributed by atoms with Crippen LogP contribution in [0.15, 0.2) is 18.2 Å². The van der Waals surface area contributed by atoms with Crippen molar-refractivity contribution in [2.75, 3.05) is 6.61 Å². The van der Waals surface area contributed by atoms with Gasteiger partial charge in [-0.1, -0.05) is 23.2 Å². The summed E-state index contributed by atoms with van der Waals surface area (Å²) in [6, 6.07) is 3.88. The summed E-state index contributed by atoms with van der Waals surface area (Å²) in [5.41, 5.74) is -0.0666. The molecule has 0 aromatic heterocycles. The van der Waals surface area contributed by atoms with Crippen LogP contribution in [0, 0.1) is 0 Å². The van der Waals surface area contributed by atoms with Crippen LogP contribution in [0.1, 0.15) is 17.3 Å². The second kappa shape index (κ2) is 5.98. The van der Waals surface area contributed by atoms with Gasteiger partial charge in [0.1, 0.15) is 0 Å². The highest BCUT2D eigenvalue weighted by atomic mass is 35.5. The summed E-state index contributed by atoms with van der Waals surface area (Å²) in [4.78, 5) is 22.6. The summed E-state index contributed by atoms with van der Waals surface area (Å²) in [5.74, 6) is -2.23. The van der Waals surface area contributed by atoms with Crippen LogP contribution in [0.25, 0.3) is 0 Å². The molecule has 17 heavy (non-hydrogen) atoms. The van der Waals surface area contributed by atoms with E-state index in [2.05, 4.69) is 4.74 Å². The third kappa shape index (κ3) is 3.68. The molecule has 0 aliphatic rings. The van der Waals surface area contributed by atoms with Crippen molar-refractivity contribution in [3.05, 3.63) is 33.8 Å². The van der Waals surface area contributed by atoms with Crippen LogP contribution in [-0.4, -0.2) is 24.5 Å². The van der Waals surface area contributed by atoms with E-state index in [1.54, 1.807) is 0 Å². The minimum Gasteiger partial charge on any atom is -0.463 e. The topological polar surface area (TPSA) is 43.4 Å². The highest BCUT2D eigenvalue weighted by Gasteiger charge is 2.28. The maximum absolute atomic E-state index is 13.4. The zero-order chi connectivity index (χ0) is 13.0. The second-order valence-electron chi connectivity index (χ2n) is 3.14. The van der Waals surface area contributed by atoms with Gasteiger partial charge in [0.05, 0.1) is 6.61 Å². The Balaban J connectivity index is 2.92. The van der Waals surface area contributed by atoms with Gasteiger partial charge in [-0.3, -0.25) is 4.79 Å². The fraction of sp³-hybridized carbons (Fsp3) is 0.273. The van der Waals surface area contributed by atoms with Crippen LogP contribution >= 0.6 is 23.2 Å². The first-order chi connectivity index (χ1) is 7.95. The molecule has 92 valence electrons. The van der Waals surface area contributed by atoms with Crippen molar-refractivity contribution in [2.45, 2.75) is 13.1 Å². The number of halogens is 3. The quantitative estimate of drug-likeness (QED) is 0.483. The molecule has 0 amide bonds. The van der Waals surface area contributed by atoms with Crippen molar-refractivity contribution in [1.82, 2.24) is 0 Å². The number of carbonyl (C=O) groups is 2. The minimum atomic E-state index is -2.36. The number of benzene rings is 1. The van der Waals surface area contributed by atoms with E-state index < -0.39 is 17.9 Å². The number of Topliss-reactive ketones (excluding diaryl/α,β-unsaturated/α-hetero) is 1. The molecule has 0 aliphatic heterocycles. The number of esters is 1. The molecule has 1 unspecified atom stereocenters. The molecule has 1 rings (SSSR count). The van der Waals surface area contributed by atoms with Gasteiger partial charge in [0.25, 0.3) is 6.17 Å². The number of ketones is 1. The third-order valence-electron chi connectivity index (χ3n) is 1.87. The summed E-state index contributed by atoms with van der Waals surface area (Å²) in [5, 5.41) is 0.383. The summed E-state index contributed by atoms with van der Waals surface area (Å²) in [6.07, 6.45) is -2.36. The van der Waals surface area contributed by atoms with E-state index >= 15 is 0 Å². The van der Waals surface area contributed by atoms with Crippen molar-refractivity contribution in [1.29, 1.82) is 0 Å². The fourth-order valence-electron chi connectivity index (χ4n) is 1.16. The van der Waals surface area contributed by atoms with Crippen LogP contribution in [0.2, 0.25) is 10.0 Å². The zero-order valence-electron chi connectivity index (χ0n) is 8.88. The first-order valence-corrected chi connectivity index (χ1v) is 5.52. The molecule has 0 saturated heterocycles. The van der Waals surface area contributed by atoms with E-state index in [4.69, 9.17) is 23.2 Å². The molecule has 0 N–H and O–H groups in total. The van der Waals surface area contributed by atoms with Gasteiger partial charge in [-0.15, -0.1) is 0 Å². The molecule has 3 nitrogen and oxygen atoms in total. The molecule has 6 heteroatoms. The Hall–Kier alpha value is -1.13. The van der Waals surface area contributed by atoms with E-state index in [1.807, 2.05) is 0 Å². The van der Waals surface area contributed by atoms with Crippen molar-refractivity contribution < 1.29 is 18.7 Å². The molecule has 1 aromatic rings. The maximum Gasteiger partial charge on any atom is 0.348 e. The fourth-order valence-corrected chi connectivity index (χ4v) is 1.69. The molecular formula is C11H9Cl2FO3. The molecule has 0 saturated carbocycles. The largest absolute Gasteiger partial charge is 0.463 e. The third-order valence-corrected chi connectivity index (χ3v) is 2.31. The van der Waals surface area contributed by atoms with Crippen molar-refractivity contribution in [3.63, 3.8) is 0 Å². The molecule has 1 aromatic carbocycles. The van der Waals surface area contributed by atoms with Crippen LogP contribution in [0.4, 0.5) is 4.39 Å². The summed E-state index contributed by atoms with van der Waals surface area (Å²) < 4.78 is 17.8. The van der Waals surface area contributed by atoms with Crippen molar-refractivity contribution in [3.8, 4) is 0 Å². The lowest BCUT2D eigenvalue weighted by Crippen LogP contribution is -2.27. The molecule has 0 spiro atoms. The molecule has 0 aliphatic carbocycles. The van der Waals surface area contributed by atoms with Crippen molar-refractivity contribution in [2.24, 2.45) is 0 Å². The van der Waals surface area contributed by atoms with Crippen LogP contribution in [0.3, 0.4) is 0 Å². The number of carbonyl (C=O) groups excluding carboxylic acids is 2.